The number of benzene rings is 1. The number of aromatic nitrogens is 2. The van der Waals surface area contributed by atoms with Crippen molar-refractivity contribution < 1.29 is 9.26 Å². The molecule has 2 heterocycles. The lowest BCUT2D eigenvalue weighted by molar-refractivity contribution is 0.114. The second-order valence-electron chi connectivity index (χ2n) is 5.46. The summed E-state index contributed by atoms with van der Waals surface area (Å²) < 4.78 is 10.8. The molecule has 25 heavy (non-hydrogen) atoms. The molecule has 1 aromatic carbocycles. The van der Waals surface area contributed by atoms with Crippen LogP contribution in [0.2, 0.25) is 5.02 Å². The summed E-state index contributed by atoms with van der Waals surface area (Å²) >= 11 is 5.88. The zero-order chi connectivity index (χ0) is 16.8. The third-order valence-electron chi connectivity index (χ3n) is 3.72. The smallest absolute Gasteiger partial charge is 0.246 e. The number of ether oxygens (including phenoxy) is 1. The van der Waals surface area contributed by atoms with E-state index < -0.39 is 0 Å². The Kier molecular flexibility index (Phi) is 7.91. The van der Waals surface area contributed by atoms with Crippen molar-refractivity contribution in [3.8, 4) is 11.4 Å². The fourth-order valence-electron chi connectivity index (χ4n) is 2.44. The summed E-state index contributed by atoms with van der Waals surface area (Å²) in [4.78, 5) is 8.54. The summed E-state index contributed by atoms with van der Waals surface area (Å²) in [5.74, 6) is 1.70. The van der Waals surface area contributed by atoms with Crippen LogP contribution in [0.5, 0.6) is 0 Å². The number of rotatable bonds is 5. The first-order valence-corrected chi connectivity index (χ1v) is 8.27. The molecule has 7 nitrogen and oxygen atoms in total. The van der Waals surface area contributed by atoms with E-state index in [4.69, 9.17) is 20.9 Å². The van der Waals surface area contributed by atoms with Crippen LogP contribution in [0.25, 0.3) is 11.4 Å². The normalized spacial score (nSPS) is 17.2. The van der Waals surface area contributed by atoms with E-state index in [0.29, 0.717) is 29.2 Å². The van der Waals surface area contributed by atoms with Crippen molar-refractivity contribution in [2.45, 2.75) is 25.5 Å². The first kappa shape index (κ1) is 19.9. The Balaban J connectivity index is 0.00000225. The Morgan fingerprint density at radius 2 is 2.12 bits per heavy atom. The minimum Gasteiger partial charge on any atom is -0.376 e. The lowest BCUT2D eigenvalue weighted by Gasteiger charge is -2.13. The molecule has 0 bridgehead atoms. The monoisotopic (exact) mass is 477 g/mol. The number of hydrogen-bond donors (Lipinski definition) is 2. The van der Waals surface area contributed by atoms with Crippen LogP contribution in [0.3, 0.4) is 0 Å². The zero-order valence-electron chi connectivity index (χ0n) is 13.9. The quantitative estimate of drug-likeness (QED) is 0.391. The molecule has 1 fully saturated rings. The molecule has 0 amide bonds. The maximum atomic E-state index is 5.88. The molecule has 1 unspecified atom stereocenters. The first-order valence-electron chi connectivity index (χ1n) is 7.89. The molecule has 0 aliphatic carbocycles. The van der Waals surface area contributed by atoms with E-state index in [9.17, 15) is 0 Å². The van der Waals surface area contributed by atoms with Gasteiger partial charge in [0, 0.05) is 30.8 Å². The van der Waals surface area contributed by atoms with Gasteiger partial charge >= 0.3 is 0 Å². The van der Waals surface area contributed by atoms with Crippen molar-refractivity contribution in [1.82, 2.24) is 20.8 Å². The number of nitrogens with zero attached hydrogens (tertiary/aromatic N) is 3. The lowest BCUT2D eigenvalue weighted by atomic mass is 10.2. The van der Waals surface area contributed by atoms with E-state index in [0.717, 1.165) is 31.6 Å². The molecule has 1 saturated heterocycles. The van der Waals surface area contributed by atoms with Gasteiger partial charge in [-0.05, 0) is 37.1 Å². The van der Waals surface area contributed by atoms with E-state index in [2.05, 4.69) is 25.8 Å². The molecule has 2 N–H and O–H groups in total. The van der Waals surface area contributed by atoms with Crippen molar-refractivity contribution in [3.05, 3.63) is 35.2 Å². The van der Waals surface area contributed by atoms with Crippen LogP contribution in [0, 0.1) is 0 Å². The summed E-state index contributed by atoms with van der Waals surface area (Å²) in [6.07, 6.45) is 2.45. The molecular formula is C16H21ClIN5O2. The number of nitrogens with one attached hydrogen (secondary N) is 2. The van der Waals surface area contributed by atoms with E-state index in [1.807, 2.05) is 12.1 Å². The third-order valence-corrected chi connectivity index (χ3v) is 3.97. The van der Waals surface area contributed by atoms with E-state index in [1.165, 1.54) is 0 Å². The fraction of sp³-hybridized carbons (Fsp3) is 0.438. The summed E-state index contributed by atoms with van der Waals surface area (Å²) in [7, 11) is 1.72. The van der Waals surface area contributed by atoms with Gasteiger partial charge in [-0.3, -0.25) is 4.99 Å². The van der Waals surface area contributed by atoms with Gasteiger partial charge in [-0.1, -0.05) is 16.8 Å². The number of hydrogen-bond acceptors (Lipinski definition) is 5. The summed E-state index contributed by atoms with van der Waals surface area (Å²) in [6, 6.07) is 7.29. The van der Waals surface area contributed by atoms with Gasteiger partial charge in [-0.15, -0.1) is 24.0 Å². The summed E-state index contributed by atoms with van der Waals surface area (Å²) in [5, 5.41) is 11.0. The van der Waals surface area contributed by atoms with Gasteiger partial charge in [0.25, 0.3) is 0 Å². The zero-order valence-corrected chi connectivity index (χ0v) is 17.0. The van der Waals surface area contributed by atoms with Crippen molar-refractivity contribution in [1.29, 1.82) is 0 Å². The number of aliphatic imine (C=N–C) groups is 1. The molecule has 1 aliphatic rings. The highest BCUT2D eigenvalue weighted by atomic mass is 127. The van der Waals surface area contributed by atoms with Gasteiger partial charge in [0.15, 0.2) is 5.96 Å². The molecular weight excluding hydrogens is 457 g/mol. The molecule has 136 valence electrons. The van der Waals surface area contributed by atoms with Crippen LogP contribution >= 0.6 is 35.6 Å². The Morgan fingerprint density at radius 3 is 2.80 bits per heavy atom. The van der Waals surface area contributed by atoms with Crippen LogP contribution in [-0.2, 0) is 11.3 Å². The minimum atomic E-state index is 0. The third kappa shape index (κ3) is 5.82. The van der Waals surface area contributed by atoms with E-state index in [-0.39, 0.29) is 30.1 Å². The second kappa shape index (κ2) is 9.93. The molecule has 0 saturated carbocycles. The van der Waals surface area contributed by atoms with Crippen LogP contribution in [0.4, 0.5) is 0 Å². The fourth-order valence-corrected chi connectivity index (χ4v) is 2.56. The van der Waals surface area contributed by atoms with Gasteiger partial charge < -0.3 is 19.9 Å². The molecule has 1 aromatic heterocycles. The van der Waals surface area contributed by atoms with Crippen molar-refractivity contribution >= 4 is 41.5 Å². The van der Waals surface area contributed by atoms with Gasteiger partial charge in [0.2, 0.25) is 11.7 Å². The van der Waals surface area contributed by atoms with E-state index >= 15 is 0 Å². The van der Waals surface area contributed by atoms with Gasteiger partial charge in [-0.2, -0.15) is 4.98 Å². The molecule has 1 atom stereocenters. The largest absolute Gasteiger partial charge is 0.376 e. The first-order chi connectivity index (χ1) is 11.7. The van der Waals surface area contributed by atoms with Crippen molar-refractivity contribution in [2.75, 3.05) is 20.2 Å². The van der Waals surface area contributed by atoms with Gasteiger partial charge in [0.1, 0.15) is 0 Å². The topological polar surface area (TPSA) is 84.6 Å². The molecule has 2 aromatic rings. The van der Waals surface area contributed by atoms with Gasteiger partial charge in [-0.25, -0.2) is 0 Å². The Morgan fingerprint density at radius 1 is 1.32 bits per heavy atom. The summed E-state index contributed by atoms with van der Waals surface area (Å²) in [6.45, 7) is 1.97. The van der Waals surface area contributed by atoms with Crippen molar-refractivity contribution in [3.63, 3.8) is 0 Å². The van der Waals surface area contributed by atoms with Crippen LogP contribution in [0.1, 0.15) is 18.7 Å². The standard InChI is InChI=1S/C16H20ClN5O2.HI/c1-18-16(19-9-13-3-2-8-23-13)20-10-14-21-15(22-24-14)11-4-6-12(17)7-5-11;/h4-7,13H,2-3,8-10H2,1H3,(H2,18,19,20);1H. The molecule has 9 heteroatoms. The SMILES string of the molecule is CN=C(NCc1nc(-c2ccc(Cl)cc2)no1)NCC1CCCO1.I. The highest BCUT2D eigenvalue weighted by Crippen LogP contribution is 2.18. The predicted molar refractivity (Wildman–Crippen MR) is 107 cm³/mol. The highest BCUT2D eigenvalue weighted by Gasteiger charge is 2.15. The molecule has 0 radical (unpaired) electrons. The van der Waals surface area contributed by atoms with Crippen molar-refractivity contribution in [2.24, 2.45) is 4.99 Å². The lowest BCUT2D eigenvalue weighted by Crippen LogP contribution is -2.40. The average molecular weight is 478 g/mol. The number of halogens is 2. The van der Waals surface area contributed by atoms with Crippen LogP contribution < -0.4 is 10.6 Å². The minimum absolute atomic E-state index is 0. The molecule has 0 spiro atoms. The number of guanidine groups is 1. The average Bonchev–Trinajstić information content (AvgIpc) is 3.27. The Labute approximate surface area is 168 Å². The highest BCUT2D eigenvalue weighted by molar-refractivity contribution is 14.0. The molecule has 3 rings (SSSR count). The van der Waals surface area contributed by atoms with Gasteiger partial charge in [0.05, 0.1) is 12.6 Å². The maximum absolute atomic E-state index is 5.88. The van der Waals surface area contributed by atoms with Crippen LogP contribution in [0.15, 0.2) is 33.8 Å². The maximum Gasteiger partial charge on any atom is 0.246 e. The molecule has 1 aliphatic heterocycles. The summed E-state index contributed by atoms with van der Waals surface area (Å²) in [5.41, 5.74) is 0.857. The Bertz CT molecular complexity index is 686. The van der Waals surface area contributed by atoms with Crippen LogP contribution in [-0.4, -0.2) is 42.4 Å². The predicted octanol–water partition coefficient (Wildman–Crippen LogP) is 2.85. The Hall–Kier alpha value is -1.39. The van der Waals surface area contributed by atoms with E-state index in [1.54, 1.807) is 19.2 Å². The second-order valence-corrected chi connectivity index (χ2v) is 5.90.